The summed E-state index contributed by atoms with van der Waals surface area (Å²) in [5, 5.41) is 0. The van der Waals surface area contributed by atoms with Gasteiger partial charge in [-0.15, -0.1) is 0 Å². The summed E-state index contributed by atoms with van der Waals surface area (Å²) in [7, 11) is 0. The van der Waals surface area contributed by atoms with Crippen molar-refractivity contribution in [2.75, 3.05) is 26.4 Å². The molecule has 0 saturated carbocycles. The second-order valence-electron chi connectivity index (χ2n) is 8.16. The lowest BCUT2D eigenvalue weighted by molar-refractivity contribution is 0.268. The molecule has 4 heteroatoms. The van der Waals surface area contributed by atoms with Crippen molar-refractivity contribution in [3.63, 3.8) is 0 Å². The number of benzene rings is 2. The lowest BCUT2D eigenvalue weighted by Gasteiger charge is -2.14. The van der Waals surface area contributed by atoms with Crippen LogP contribution in [-0.2, 0) is 12.8 Å². The molecule has 0 aliphatic rings. The predicted molar refractivity (Wildman–Crippen MR) is 133 cm³/mol. The van der Waals surface area contributed by atoms with Crippen LogP contribution < -0.4 is 18.9 Å². The SMILES string of the molecule is CCCOc1ccc(CCCCc2ccc(OCCC)c(OCCC)c2)cc1OCCC. The molecule has 0 radical (unpaired) electrons. The molecular formula is C28H42O4. The Morgan fingerprint density at radius 2 is 0.812 bits per heavy atom. The Morgan fingerprint density at radius 1 is 0.469 bits per heavy atom. The first-order valence-electron chi connectivity index (χ1n) is 12.5. The Morgan fingerprint density at radius 3 is 1.16 bits per heavy atom. The van der Waals surface area contributed by atoms with Crippen LogP contribution in [0.25, 0.3) is 0 Å². The number of hydrogen-bond acceptors (Lipinski definition) is 4. The van der Waals surface area contributed by atoms with E-state index in [9.17, 15) is 0 Å². The molecule has 2 aromatic rings. The van der Waals surface area contributed by atoms with Gasteiger partial charge in [0, 0.05) is 0 Å². The van der Waals surface area contributed by atoms with Gasteiger partial charge in [-0.05, 0) is 86.8 Å². The van der Waals surface area contributed by atoms with E-state index in [1.807, 2.05) is 0 Å². The zero-order valence-corrected chi connectivity index (χ0v) is 20.6. The molecule has 0 N–H and O–H groups in total. The lowest BCUT2D eigenvalue weighted by Crippen LogP contribution is -2.02. The van der Waals surface area contributed by atoms with Crippen molar-refractivity contribution in [3.05, 3.63) is 47.5 Å². The van der Waals surface area contributed by atoms with Gasteiger partial charge in [0.15, 0.2) is 23.0 Å². The second-order valence-corrected chi connectivity index (χ2v) is 8.16. The predicted octanol–water partition coefficient (Wildman–Crippen LogP) is 7.41. The van der Waals surface area contributed by atoms with E-state index < -0.39 is 0 Å². The summed E-state index contributed by atoms with van der Waals surface area (Å²) >= 11 is 0. The van der Waals surface area contributed by atoms with Crippen LogP contribution in [0.2, 0.25) is 0 Å². The van der Waals surface area contributed by atoms with Crippen molar-refractivity contribution in [1.82, 2.24) is 0 Å². The maximum absolute atomic E-state index is 5.93. The minimum absolute atomic E-state index is 0.715. The maximum Gasteiger partial charge on any atom is 0.161 e. The van der Waals surface area contributed by atoms with Crippen LogP contribution >= 0.6 is 0 Å². The average Bonchev–Trinajstić information content (AvgIpc) is 2.82. The molecule has 0 unspecified atom stereocenters. The van der Waals surface area contributed by atoms with Gasteiger partial charge in [0.05, 0.1) is 26.4 Å². The third-order valence-corrected chi connectivity index (χ3v) is 5.04. The summed E-state index contributed by atoms with van der Waals surface area (Å²) in [4.78, 5) is 0. The minimum atomic E-state index is 0.715. The highest BCUT2D eigenvalue weighted by atomic mass is 16.5. The highest BCUT2D eigenvalue weighted by Gasteiger charge is 2.09. The third-order valence-electron chi connectivity index (χ3n) is 5.04. The first kappa shape index (κ1) is 25.9. The number of rotatable bonds is 17. The van der Waals surface area contributed by atoms with Crippen LogP contribution in [-0.4, -0.2) is 26.4 Å². The first-order valence-corrected chi connectivity index (χ1v) is 12.5. The normalized spacial score (nSPS) is 10.8. The lowest BCUT2D eigenvalue weighted by atomic mass is 10.0. The molecule has 2 rings (SSSR count). The molecule has 0 spiro atoms. The highest BCUT2D eigenvalue weighted by molar-refractivity contribution is 5.44. The smallest absolute Gasteiger partial charge is 0.161 e. The van der Waals surface area contributed by atoms with Crippen LogP contribution in [0.4, 0.5) is 0 Å². The van der Waals surface area contributed by atoms with Crippen LogP contribution in [0.3, 0.4) is 0 Å². The van der Waals surface area contributed by atoms with Gasteiger partial charge >= 0.3 is 0 Å². The molecule has 0 aliphatic carbocycles. The standard InChI is InChI=1S/C28H42O4/c1-5-17-29-25-15-13-23(21-27(25)31-19-7-3)11-9-10-12-24-14-16-26(30-18-6-2)28(22-24)32-20-8-4/h13-16,21-22H,5-12,17-20H2,1-4H3. The summed E-state index contributed by atoms with van der Waals surface area (Å²) in [5.74, 6) is 3.46. The van der Waals surface area contributed by atoms with Gasteiger partial charge in [0.25, 0.3) is 0 Å². The molecule has 0 atom stereocenters. The Bertz CT molecular complexity index is 707. The fourth-order valence-electron chi connectivity index (χ4n) is 3.39. The maximum atomic E-state index is 5.93. The largest absolute Gasteiger partial charge is 0.490 e. The van der Waals surface area contributed by atoms with Gasteiger partial charge < -0.3 is 18.9 Å². The number of aryl methyl sites for hydroxylation is 2. The van der Waals surface area contributed by atoms with Crippen molar-refractivity contribution < 1.29 is 18.9 Å². The molecule has 0 saturated heterocycles. The van der Waals surface area contributed by atoms with Gasteiger partial charge in [0.2, 0.25) is 0 Å². The molecule has 0 fully saturated rings. The molecule has 32 heavy (non-hydrogen) atoms. The Hall–Kier alpha value is -2.36. The number of unbranched alkanes of at least 4 members (excludes halogenated alkanes) is 1. The third kappa shape index (κ3) is 9.02. The van der Waals surface area contributed by atoms with E-state index in [0.29, 0.717) is 26.4 Å². The molecule has 0 bridgehead atoms. The van der Waals surface area contributed by atoms with Gasteiger partial charge in [-0.1, -0.05) is 39.8 Å². The van der Waals surface area contributed by atoms with E-state index >= 15 is 0 Å². The highest BCUT2D eigenvalue weighted by Crippen LogP contribution is 2.31. The van der Waals surface area contributed by atoms with Crippen molar-refractivity contribution in [2.45, 2.75) is 79.1 Å². The Labute approximate surface area is 195 Å². The van der Waals surface area contributed by atoms with Crippen LogP contribution in [0.5, 0.6) is 23.0 Å². The molecule has 0 aromatic heterocycles. The number of hydrogen-bond donors (Lipinski definition) is 0. The van der Waals surface area contributed by atoms with Gasteiger partial charge in [-0.2, -0.15) is 0 Å². The summed E-state index contributed by atoms with van der Waals surface area (Å²) in [6.45, 7) is 11.3. The molecule has 2 aromatic carbocycles. The van der Waals surface area contributed by atoms with E-state index in [-0.39, 0.29) is 0 Å². The van der Waals surface area contributed by atoms with E-state index in [0.717, 1.165) is 74.4 Å². The molecule has 0 amide bonds. The van der Waals surface area contributed by atoms with Crippen molar-refractivity contribution in [3.8, 4) is 23.0 Å². The van der Waals surface area contributed by atoms with Crippen molar-refractivity contribution >= 4 is 0 Å². The van der Waals surface area contributed by atoms with Crippen molar-refractivity contribution in [1.29, 1.82) is 0 Å². The summed E-state index contributed by atoms with van der Waals surface area (Å²) in [6.07, 6.45) is 8.29. The Balaban J connectivity index is 1.91. The quantitative estimate of drug-likeness (QED) is 0.239. The molecule has 4 nitrogen and oxygen atoms in total. The van der Waals surface area contributed by atoms with E-state index in [1.54, 1.807) is 0 Å². The first-order chi connectivity index (χ1) is 15.7. The van der Waals surface area contributed by atoms with E-state index in [4.69, 9.17) is 18.9 Å². The molecule has 178 valence electrons. The van der Waals surface area contributed by atoms with Gasteiger partial charge in [-0.25, -0.2) is 0 Å². The van der Waals surface area contributed by atoms with E-state index in [1.165, 1.54) is 11.1 Å². The topological polar surface area (TPSA) is 36.9 Å². The summed E-state index contributed by atoms with van der Waals surface area (Å²) in [6, 6.07) is 12.7. The van der Waals surface area contributed by atoms with Crippen molar-refractivity contribution in [2.24, 2.45) is 0 Å². The van der Waals surface area contributed by atoms with E-state index in [2.05, 4.69) is 64.1 Å². The minimum Gasteiger partial charge on any atom is -0.490 e. The monoisotopic (exact) mass is 442 g/mol. The van der Waals surface area contributed by atoms with Crippen LogP contribution in [0.1, 0.15) is 77.3 Å². The molecule has 0 heterocycles. The van der Waals surface area contributed by atoms with Crippen LogP contribution in [0.15, 0.2) is 36.4 Å². The summed E-state index contributed by atoms with van der Waals surface area (Å²) < 4.78 is 23.6. The van der Waals surface area contributed by atoms with Gasteiger partial charge in [0.1, 0.15) is 0 Å². The fraction of sp³-hybridized carbons (Fsp3) is 0.571. The summed E-state index contributed by atoms with van der Waals surface area (Å²) in [5.41, 5.74) is 2.60. The molecule has 0 aliphatic heterocycles. The fourth-order valence-corrected chi connectivity index (χ4v) is 3.39. The number of ether oxygens (including phenoxy) is 4. The Kier molecular flexibility index (Phi) is 12.5. The zero-order chi connectivity index (χ0) is 23.0. The van der Waals surface area contributed by atoms with Gasteiger partial charge in [-0.3, -0.25) is 0 Å². The van der Waals surface area contributed by atoms with Crippen LogP contribution in [0, 0.1) is 0 Å². The second kappa shape index (κ2) is 15.4. The molecular weight excluding hydrogens is 400 g/mol. The average molecular weight is 443 g/mol. The zero-order valence-electron chi connectivity index (χ0n) is 20.6.